The Morgan fingerprint density at radius 3 is 2.46 bits per heavy atom. The van der Waals surface area contributed by atoms with Crippen LogP contribution in [0.15, 0.2) is 54.9 Å². The predicted molar refractivity (Wildman–Crippen MR) is 137 cm³/mol. The van der Waals surface area contributed by atoms with Gasteiger partial charge in [0.2, 0.25) is 5.91 Å². The van der Waals surface area contributed by atoms with E-state index in [1.54, 1.807) is 28.8 Å². The van der Waals surface area contributed by atoms with Crippen molar-refractivity contribution in [3.63, 3.8) is 0 Å². The average Bonchev–Trinajstić information content (AvgIpc) is 3.24. The van der Waals surface area contributed by atoms with Gasteiger partial charge in [-0.3, -0.25) is 4.79 Å². The van der Waals surface area contributed by atoms with E-state index < -0.39 is 29.3 Å². The normalized spacial score (nSPS) is 11.4. The van der Waals surface area contributed by atoms with Crippen LogP contribution < -0.4 is 27.0 Å². The van der Waals surface area contributed by atoms with Gasteiger partial charge in [0.15, 0.2) is 5.82 Å². The molecule has 0 spiro atoms. The SMILES string of the molecule is CC(=O)NCCNCc1cc(-c2ccc(NC(=O)Nc3cc(C(F)(F)F)ccc3F)cc2)c2c(N)ncnn12. The lowest BCUT2D eigenvalue weighted by molar-refractivity contribution is -0.137. The first-order chi connectivity index (χ1) is 18.5. The summed E-state index contributed by atoms with van der Waals surface area (Å²) in [5.74, 6) is -0.866. The summed E-state index contributed by atoms with van der Waals surface area (Å²) in [6.07, 6.45) is -3.34. The third-order valence-corrected chi connectivity index (χ3v) is 5.63. The van der Waals surface area contributed by atoms with Gasteiger partial charge >= 0.3 is 12.2 Å². The van der Waals surface area contributed by atoms with E-state index in [0.717, 1.165) is 16.8 Å². The molecule has 0 saturated heterocycles. The number of halogens is 4. The zero-order chi connectivity index (χ0) is 28.2. The number of alkyl halides is 3. The van der Waals surface area contributed by atoms with Crippen LogP contribution in [0.2, 0.25) is 0 Å². The minimum absolute atomic E-state index is 0.119. The molecule has 0 aliphatic heterocycles. The van der Waals surface area contributed by atoms with Gasteiger partial charge in [0.1, 0.15) is 17.7 Å². The van der Waals surface area contributed by atoms with Gasteiger partial charge in [-0.25, -0.2) is 18.7 Å². The Morgan fingerprint density at radius 2 is 1.77 bits per heavy atom. The maximum Gasteiger partial charge on any atom is 0.416 e. The highest BCUT2D eigenvalue weighted by molar-refractivity contribution is 6.00. The molecule has 2 heterocycles. The summed E-state index contributed by atoms with van der Waals surface area (Å²) in [7, 11) is 0. The highest BCUT2D eigenvalue weighted by atomic mass is 19.4. The molecule has 0 radical (unpaired) electrons. The van der Waals surface area contributed by atoms with E-state index >= 15 is 0 Å². The first kappa shape index (κ1) is 27.3. The smallest absolute Gasteiger partial charge is 0.382 e. The number of nitrogens with two attached hydrogens (primary N) is 1. The van der Waals surface area contributed by atoms with Gasteiger partial charge in [-0.05, 0) is 42.0 Å². The first-order valence-electron chi connectivity index (χ1n) is 11.6. The summed E-state index contributed by atoms with van der Waals surface area (Å²) in [5.41, 5.74) is 7.59. The number of nitrogens with zero attached hydrogens (tertiary/aromatic N) is 3. The largest absolute Gasteiger partial charge is 0.416 e. The maximum absolute atomic E-state index is 14.0. The molecule has 6 N–H and O–H groups in total. The molecule has 4 aromatic rings. The second-order valence-corrected chi connectivity index (χ2v) is 8.46. The van der Waals surface area contributed by atoms with Crippen LogP contribution in [-0.4, -0.2) is 39.6 Å². The van der Waals surface area contributed by atoms with E-state index in [9.17, 15) is 27.2 Å². The number of nitrogen functional groups attached to an aromatic ring is 1. The van der Waals surface area contributed by atoms with Gasteiger partial charge < -0.3 is 27.0 Å². The van der Waals surface area contributed by atoms with Crippen LogP contribution in [0.5, 0.6) is 0 Å². The Balaban J connectivity index is 1.48. The molecule has 0 aliphatic carbocycles. The van der Waals surface area contributed by atoms with Crippen LogP contribution in [0.1, 0.15) is 18.2 Å². The summed E-state index contributed by atoms with van der Waals surface area (Å²) in [6.45, 7) is 2.87. The average molecular weight is 545 g/mol. The number of nitrogens with one attached hydrogen (secondary N) is 4. The molecule has 0 saturated carbocycles. The predicted octanol–water partition coefficient (Wildman–Crippen LogP) is 4.01. The number of hydrogen-bond donors (Lipinski definition) is 5. The molecule has 0 unspecified atom stereocenters. The third-order valence-electron chi connectivity index (χ3n) is 5.63. The van der Waals surface area contributed by atoms with Crippen molar-refractivity contribution in [3.05, 3.63) is 71.9 Å². The van der Waals surface area contributed by atoms with Crippen LogP contribution in [0.4, 0.5) is 39.5 Å². The van der Waals surface area contributed by atoms with Gasteiger partial charge in [-0.15, -0.1) is 0 Å². The van der Waals surface area contributed by atoms with Crippen molar-refractivity contribution in [2.45, 2.75) is 19.6 Å². The molecular formula is C25H24F4N8O2. The Kier molecular flexibility index (Phi) is 7.95. The Morgan fingerprint density at radius 1 is 1.03 bits per heavy atom. The Hall–Kier alpha value is -4.72. The van der Waals surface area contributed by atoms with E-state index in [-0.39, 0.29) is 11.7 Å². The van der Waals surface area contributed by atoms with Crippen molar-refractivity contribution in [2.24, 2.45) is 0 Å². The number of carbonyl (C=O) groups is 2. The fraction of sp³-hybridized carbons (Fsp3) is 0.200. The number of carbonyl (C=O) groups excluding carboxylic acids is 2. The summed E-state index contributed by atoms with van der Waals surface area (Å²) in [4.78, 5) is 27.4. The molecular weight excluding hydrogens is 520 g/mol. The number of benzene rings is 2. The van der Waals surface area contributed by atoms with E-state index in [1.807, 2.05) is 6.07 Å². The fourth-order valence-electron chi connectivity index (χ4n) is 3.84. The highest BCUT2D eigenvalue weighted by Crippen LogP contribution is 2.33. The Bertz CT molecular complexity index is 1500. The second-order valence-electron chi connectivity index (χ2n) is 8.46. The molecule has 0 bridgehead atoms. The lowest BCUT2D eigenvalue weighted by atomic mass is 10.1. The van der Waals surface area contributed by atoms with Crippen molar-refractivity contribution in [1.29, 1.82) is 0 Å². The van der Waals surface area contributed by atoms with Crippen LogP contribution in [0, 0.1) is 5.82 Å². The maximum atomic E-state index is 14.0. The number of aromatic nitrogens is 3. The summed E-state index contributed by atoms with van der Waals surface area (Å²) < 4.78 is 54.4. The molecule has 2 aromatic heterocycles. The highest BCUT2D eigenvalue weighted by Gasteiger charge is 2.31. The number of urea groups is 1. The molecule has 0 fully saturated rings. The summed E-state index contributed by atoms with van der Waals surface area (Å²) in [6, 6.07) is 9.28. The van der Waals surface area contributed by atoms with Crippen LogP contribution >= 0.6 is 0 Å². The van der Waals surface area contributed by atoms with Crippen molar-refractivity contribution in [3.8, 4) is 11.1 Å². The molecule has 0 aliphatic rings. The topological polar surface area (TPSA) is 138 Å². The molecule has 204 valence electrons. The quantitative estimate of drug-likeness (QED) is 0.168. The first-order valence-corrected chi connectivity index (χ1v) is 11.6. The van der Waals surface area contributed by atoms with Gasteiger partial charge in [-0.1, -0.05) is 12.1 Å². The number of anilines is 3. The third kappa shape index (κ3) is 6.59. The standard InChI is InChI=1S/C25H24F4N8O2/c1-14(38)32-9-8-31-12-18-11-19(22-23(30)33-13-34-37(18)22)15-2-5-17(6-3-15)35-24(39)36-21-10-16(25(27,28)29)4-7-20(21)26/h2-7,10-11,13,31H,8-9,12H2,1H3,(H,32,38)(H2,30,33,34)(H2,35,36,39). The monoisotopic (exact) mass is 544 g/mol. The zero-order valence-corrected chi connectivity index (χ0v) is 20.6. The van der Waals surface area contributed by atoms with Crippen molar-refractivity contribution in [2.75, 3.05) is 29.5 Å². The second kappa shape index (κ2) is 11.3. The van der Waals surface area contributed by atoms with Gasteiger partial charge in [0.05, 0.1) is 16.9 Å². The van der Waals surface area contributed by atoms with Crippen LogP contribution in [-0.2, 0) is 17.5 Å². The van der Waals surface area contributed by atoms with Crippen molar-refractivity contribution >= 4 is 34.6 Å². The number of amides is 3. The number of rotatable bonds is 8. The molecule has 2 aromatic carbocycles. The van der Waals surface area contributed by atoms with E-state index in [2.05, 4.69) is 31.3 Å². The molecule has 14 heteroatoms. The van der Waals surface area contributed by atoms with Gasteiger partial charge in [0.25, 0.3) is 0 Å². The number of hydrogen-bond acceptors (Lipinski definition) is 6. The lowest BCUT2D eigenvalue weighted by Gasteiger charge is -2.12. The van der Waals surface area contributed by atoms with Crippen LogP contribution in [0.3, 0.4) is 0 Å². The molecule has 4 rings (SSSR count). The van der Waals surface area contributed by atoms with E-state index in [1.165, 1.54) is 13.3 Å². The molecule has 10 nitrogen and oxygen atoms in total. The molecule has 39 heavy (non-hydrogen) atoms. The molecule has 0 atom stereocenters. The lowest BCUT2D eigenvalue weighted by Crippen LogP contribution is -2.30. The molecule has 3 amide bonds. The van der Waals surface area contributed by atoms with Crippen LogP contribution in [0.25, 0.3) is 16.6 Å². The minimum atomic E-state index is -4.68. The number of fused-ring (bicyclic) bond motifs is 1. The van der Waals surface area contributed by atoms with Crippen molar-refractivity contribution in [1.82, 2.24) is 25.2 Å². The van der Waals surface area contributed by atoms with E-state index in [0.29, 0.717) is 49.0 Å². The van der Waals surface area contributed by atoms with E-state index in [4.69, 9.17) is 5.73 Å². The Labute approximate surface area is 219 Å². The van der Waals surface area contributed by atoms with Gasteiger partial charge in [-0.2, -0.15) is 18.3 Å². The van der Waals surface area contributed by atoms with Crippen molar-refractivity contribution < 1.29 is 27.2 Å². The fourth-order valence-corrected chi connectivity index (χ4v) is 3.84. The summed E-state index contributed by atoms with van der Waals surface area (Å²) >= 11 is 0. The summed E-state index contributed by atoms with van der Waals surface area (Å²) in [5, 5.41) is 14.8. The zero-order valence-electron chi connectivity index (χ0n) is 20.6. The minimum Gasteiger partial charge on any atom is -0.382 e. The van der Waals surface area contributed by atoms with Gasteiger partial charge in [0, 0.05) is 37.8 Å².